The largest absolute Gasteiger partial charge is 0.317 e. The van der Waals surface area contributed by atoms with Gasteiger partial charge in [0.25, 0.3) is 5.69 Å². The van der Waals surface area contributed by atoms with Crippen molar-refractivity contribution >= 4 is 17.3 Å². The zero-order chi connectivity index (χ0) is 12.8. The lowest BCUT2D eigenvalue weighted by Crippen LogP contribution is -2.28. The van der Waals surface area contributed by atoms with Crippen molar-refractivity contribution in [3.8, 4) is 0 Å². The molecule has 1 N–H and O–H groups in total. The van der Waals surface area contributed by atoms with Crippen molar-refractivity contribution in [2.45, 2.75) is 32.2 Å². The van der Waals surface area contributed by atoms with Crippen molar-refractivity contribution in [2.24, 2.45) is 0 Å². The molecular weight excluding hydrogens is 242 g/mol. The van der Waals surface area contributed by atoms with E-state index < -0.39 is 4.92 Å². The molecule has 1 unspecified atom stereocenters. The molecule has 6 heteroatoms. The number of halogens is 1. The second kappa shape index (κ2) is 6.51. The third-order valence-electron chi connectivity index (χ3n) is 2.60. The van der Waals surface area contributed by atoms with Crippen LogP contribution in [-0.4, -0.2) is 23.0 Å². The van der Waals surface area contributed by atoms with E-state index in [0.29, 0.717) is 12.1 Å². The van der Waals surface area contributed by atoms with Crippen LogP contribution in [0.5, 0.6) is 0 Å². The zero-order valence-corrected chi connectivity index (χ0v) is 10.7. The number of likely N-dealkylation sites (N-methyl/N-ethyl adjacent to an activating group) is 1. The van der Waals surface area contributed by atoms with Gasteiger partial charge in [0.1, 0.15) is 5.69 Å². The summed E-state index contributed by atoms with van der Waals surface area (Å²) in [4.78, 5) is 14.5. The lowest BCUT2D eigenvalue weighted by atomic mass is 10.1. The van der Waals surface area contributed by atoms with Crippen LogP contribution in [0.3, 0.4) is 0 Å². The fourth-order valence-corrected chi connectivity index (χ4v) is 1.85. The minimum Gasteiger partial charge on any atom is -0.317 e. The van der Waals surface area contributed by atoms with Crippen LogP contribution < -0.4 is 5.32 Å². The molecule has 0 aliphatic rings. The number of pyridine rings is 1. The number of nitrogens with one attached hydrogen (secondary N) is 1. The number of nitrogens with zero attached hydrogens (tertiary/aromatic N) is 2. The first-order valence-electron chi connectivity index (χ1n) is 5.54. The Morgan fingerprint density at radius 1 is 1.65 bits per heavy atom. The maximum atomic E-state index is 10.9. The van der Waals surface area contributed by atoms with Crippen molar-refractivity contribution in [1.29, 1.82) is 0 Å². The summed E-state index contributed by atoms with van der Waals surface area (Å²) in [7, 11) is 1.85. The molecule has 94 valence electrons. The Labute approximate surface area is 105 Å². The van der Waals surface area contributed by atoms with E-state index in [2.05, 4.69) is 17.2 Å². The van der Waals surface area contributed by atoms with Crippen molar-refractivity contribution in [3.63, 3.8) is 0 Å². The van der Waals surface area contributed by atoms with Gasteiger partial charge in [-0.3, -0.25) is 15.1 Å². The van der Waals surface area contributed by atoms with Crippen LogP contribution >= 0.6 is 11.6 Å². The van der Waals surface area contributed by atoms with Gasteiger partial charge in [0.05, 0.1) is 9.95 Å². The first-order valence-corrected chi connectivity index (χ1v) is 5.92. The molecule has 1 aromatic heterocycles. The minimum atomic E-state index is -0.438. The summed E-state index contributed by atoms with van der Waals surface area (Å²) in [5.74, 6) is 0. The molecule has 1 aromatic rings. The topological polar surface area (TPSA) is 68.1 Å². The second-order valence-corrected chi connectivity index (χ2v) is 4.29. The highest BCUT2D eigenvalue weighted by Gasteiger charge is 2.18. The van der Waals surface area contributed by atoms with Gasteiger partial charge in [0.2, 0.25) is 0 Å². The fraction of sp³-hybridized carbons (Fsp3) is 0.545. The summed E-state index contributed by atoms with van der Waals surface area (Å²) >= 11 is 5.71. The van der Waals surface area contributed by atoms with E-state index in [9.17, 15) is 10.1 Å². The van der Waals surface area contributed by atoms with Gasteiger partial charge in [0, 0.05) is 24.7 Å². The van der Waals surface area contributed by atoms with Crippen LogP contribution in [0.15, 0.2) is 12.3 Å². The SMILES string of the molecule is CCCC(Cc1ncc(Cl)cc1[N+](=O)[O-])NC. The number of hydrogen-bond donors (Lipinski definition) is 1. The van der Waals surface area contributed by atoms with E-state index in [1.165, 1.54) is 12.3 Å². The fourth-order valence-electron chi connectivity index (χ4n) is 1.70. The Hall–Kier alpha value is -1.20. The lowest BCUT2D eigenvalue weighted by molar-refractivity contribution is -0.386. The van der Waals surface area contributed by atoms with Gasteiger partial charge >= 0.3 is 0 Å². The molecule has 1 heterocycles. The van der Waals surface area contributed by atoms with Crippen LogP contribution in [0.2, 0.25) is 5.02 Å². The van der Waals surface area contributed by atoms with E-state index in [1.807, 2.05) is 7.05 Å². The van der Waals surface area contributed by atoms with E-state index in [1.54, 1.807) is 0 Å². The van der Waals surface area contributed by atoms with Gasteiger partial charge in [-0.05, 0) is 13.5 Å². The molecule has 1 rings (SSSR count). The van der Waals surface area contributed by atoms with Crippen molar-refractivity contribution in [2.75, 3.05) is 7.05 Å². The molecule has 5 nitrogen and oxygen atoms in total. The molecule has 17 heavy (non-hydrogen) atoms. The summed E-state index contributed by atoms with van der Waals surface area (Å²) < 4.78 is 0. The Balaban J connectivity index is 2.92. The van der Waals surface area contributed by atoms with E-state index in [0.717, 1.165) is 12.8 Å². The summed E-state index contributed by atoms with van der Waals surface area (Å²) in [6.45, 7) is 2.08. The normalized spacial score (nSPS) is 12.4. The number of hydrogen-bond acceptors (Lipinski definition) is 4. The highest BCUT2D eigenvalue weighted by atomic mass is 35.5. The minimum absolute atomic E-state index is 0.00569. The quantitative estimate of drug-likeness (QED) is 0.628. The van der Waals surface area contributed by atoms with Gasteiger partial charge in [-0.25, -0.2) is 0 Å². The maximum Gasteiger partial charge on any atom is 0.292 e. The monoisotopic (exact) mass is 257 g/mol. The average Bonchev–Trinajstić information content (AvgIpc) is 2.30. The average molecular weight is 258 g/mol. The number of aromatic nitrogens is 1. The summed E-state index contributed by atoms with van der Waals surface area (Å²) in [6.07, 6.45) is 3.96. The van der Waals surface area contributed by atoms with Gasteiger partial charge in [-0.2, -0.15) is 0 Å². The maximum absolute atomic E-state index is 10.9. The third kappa shape index (κ3) is 3.94. The predicted octanol–water partition coefficient (Wildman–Crippen LogP) is 2.57. The molecule has 0 saturated heterocycles. The summed E-state index contributed by atoms with van der Waals surface area (Å²) in [6, 6.07) is 1.55. The number of nitro groups is 1. The number of rotatable bonds is 6. The van der Waals surface area contributed by atoms with Crippen molar-refractivity contribution in [1.82, 2.24) is 10.3 Å². The Kier molecular flexibility index (Phi) is 5.31. The smallest absolute Gasteiger partial charge is 0.292 e. The molecule has 0 aromatic carbocycles. The highest BCUT2D eigenvalue weighted by Crippen LogP contribution is 2.22. The first-order chi connectivity index (χ1) is 8.08. The first kappa shape index (κ1) is 13.9. The predicted molar refractivity (Wildman–Crippen MR) is 67.4 cm³/mol. The van der Waals surface area contributed by atoms with Crippen LogP contribution in [0, 0.1) is 10.1 Å². The van der Waals surface area contributed by atoms with Gasteiger partial charge < -0.3 is 5.32 Å². The van der Waals surface area contributed by atoms with Crippen LogP contribution in [0.1, 0.15) is 25.5 Å². The summed E-state index contributed by atoms with van der Waals surface area (Å²) in [5.41, 5.74) is 0.473. The van der Waals surface area contributed by atoms with E-state index in [4.69, 9.17) is 11.6 Å². The van der Waals surface area contributed by atoms with Crippen LogP contribution in [0.4, 0.5) is 5.69 Å². The van der Waals surface area contributed by atoms with Gasteiger partial charge in [0.15, 0.2) is 0 Å². The third-order valence-corrected chi connectivity index (χ3v) is 2.80. The molecule has 0 aliphatic heterocycles. The molecule has 0 saturated carbocycles. The van der Waals surface area contributed by atoms with Crippen LogP contribution in [-0.2, 0) is 6.42 Å². The molecule has 0 spiro atoms. The second-order valence-electron chi connectivity index (χ2n) is 3.85. The Morgan fingerprint density at radius 3 is 2.88 bits per heavy atom. The molecule has 0 amide bonds. The molecule has 1 atom stereocenters. The molecular formula is C11H16ClN3O2. The Bertz CT molecular complexity index is 398. The summed E-state index contributed by atoms with van der Waals surface area (Å²) in [5, 5.41) is 14.3. The lowest BCUT2D eigenvalue weighted by Gasteiger charge is -2.14. The molecule has 0 fully saturated rings. The highest BCUT2D eigenvalue weighted by molar-refractivity contribution is 6.30. The van der Waals surface area contributed by atoms with Gasteiger partial charge in [-0.1, -0.05) is 24.9 Å². The molecule has 0 radical (unpaired) electrons. The Morgan fingerprint density at radius 2 is 2.35 bits per heavy atom. The molecule has 0 bridgehead atoms. The molecule has 0 aliphatic carbocycles. The van der Waals surface area contributed by atoms with Gasteiger partial charge in [-0.15, -0.1) is 0 Å². The van der Waals surface area contributed by atoms with Crippen molar-refractivity contribution < 1.29 is 4.92 Å². The van der Waals surface area contributed by atoms with E-state index in [-0.39, 0.29) is 16.8 Å². The van der Waals surface area contributed by atoms with Crippen LogP contribution in [0.25, 0.3) is 0 Å². The van der Waals surface area contributed by atoms with Crippen molar-refractivity contribution in [3.05, 3.63) is 33.1 Å². The standard InChI is InChI=1S/C11H16ClN3O2/c1-3-4-9(13-2)6-10-11(15(16)17)5-8(12)7-14-10/h5,7,9,13H,3-4,6H2,1-2H3. The zero-order valence-electron chi connectivity index (χ0n) is 9.94. The van der Waals surface area contributed by atoms with E-state index >= 15 is 0 Å².